The van der Waals surface area contributed by atoms with Crippen LogP contribution >= 0.6 is 24.0 Å². The zero-order chi connectivity index (χ0) is 19.3. The van der Waals surface area contributed by atoms with E-state index in [0.29, 0.717) is 12.5 Å². The average Bonchev–Trinajstić information content (AvgIpc) is 2.73. The lowest BCUT2D eigenvalue weighted by molar-refractivity contribution is 0.0203. The zero-order valence-electron chi connectivity index (χ0n) is 17.2. The maximum Gasteiger partial charge on any atom is 0.191 e. The zero-order valence-corrected chi connectivity index (χ0v) is 19.5. The summed E-state index contributed by atoms with van der Waals surface area (Å²) in [5.74, 6) is 2.88. The van der Waals surface area contributed by atoms with E-state index in [1.54, 1.807) is 21.3 Å². The second-order valence-electron chi connectivity index (χ2n) is 6.53. The molecule has 8 heteroatoms. The third-order valence-corrected chi connectivity index (χ3v) is 4.58. The molecule has 160 valence electrons. The first-order valence-corrected chi connectivity index (χ1v) is 9.57. The number of halogens is 1. The summed E-state index contributed by atoms with van der Waals surface area (Å²) in [5.41, 5.74) is 1.09. The van der Waals surface area contributed by atoms with Gasteiger partial charge in [-0.2, -0.15) is 0 Å². The Bertz CT molecular complexity index is 581. The first kappa shape index (κ1) is 24.8. The van der Waals surface area contributed by atoms with Crippen molar-refractivity contribution in [3.8, 4) is 11.5 Å². The first-order valence-electron chi connectivity index (χ1n) is 9.57. The summed E-state index contributed by atoms with van der Waals surface area (Å²) < 4.78 is 21.7. The van der Waals surface area contributed by atoms with E-state index < -0.39 is 0 Å². The number of hydrogen-bond acceptors (Lipinski definition) is 5. The largest absolute Gasteiger partial charge is 0.493 e. The molecular weight excluding hydrogens is 473 g/mol. The monoisotopic (exact) mass is 507 g/mol. The number of methoxy groups -OCH3 is 2. The van der Waals surface area contributed by atoms with Gasteiger partial charge < -0.3 is 29.6 Å². The van der Waals surface area contributed by atoms with Gasteiger partial charge in [0.1, 0.15) is 0 Å². The van der Waals surface area contributed by atoms with Crippen LogP contribution in [0.15, 0.2) is 23.2 Å². The van der Waals surface area contributed by atoms with Crippen LogP contribution in [0.5, 0.6) is 11.5 Å². The number of aliphatic imine (C=N–C) groups is 1. The van der Waals surface area contributed by atoms with Crippen molar-refractivity contribution in [3.05, 3.63) is 23.8 Å². The fourth-order valence-corrected chi connectivity index (χ4v) is 2.94. The van der Waals surface area contributed by atoms with E-state index in [9.17, 15) is 0 Å². The summed E-state index contributed by atoms with van der Waals surface area (Å²) >= 11 is 0. The third-order valence-electron chi connectivity index (χ3n) is 4.58. The number of guanidine groups is 1. The number of nitrogens with one attached hydrogen (secondary N) is 2. The average molecular weight is 507 g/mol. The molecule has 1 aromatic rings. The molecule has 0 spiro atoms. The third kappa shape index (κ3) is 8.83. The standard InChI is InChI=1S/C20H33N3O4.HI/c1-21-20(22-9-4-10-27-15-16-7-11-26-12-8-16)23-14-17-5-6-18(24-2)19(13-17)25-3;/h5-6,13,16H,4,7-12,14-15H2,1-3H3,(H2,21,22,23);1H. The van der Waals surface area contributed by atoms with Gasteiger partial charge in [-0.1, -0.05) is 6.07 Å². The first-order chi connectivity index (χ1) is 13.3. The molecule has 0 saturated carbocycles. The molecule has 28 heavy (non-hydrogen) atoms. The van der Waals surface area contributed by atoms with Crippen molar-refractivity contribution >= 4 is 29.9 Å². The summed E-state index contributed by atoms with van der Waals surface area (Å²) in [7, 11) is 5.04. The molecule has 1 aliphatic rings. The maximum absolute atomic E-state index is 5.78. The number of rotatable bonds is 10. The molecule has 1 heterocycles. The molecule has 1 saturated heterocycles. The van der Waals surface area contributed by atoms with Crippen molar-refractivity contribution in [2.75, 3.05) is 54.2 Å². The van der Waals surface area contributed by atoms with Gasteiger partial charge in [-0.25, -0.2) is 0 Å². The minimum Gasteiger partial charge on any atom is -0.493 e. The minimum atomic E-state index is 0. The van der Waals surface area contributed by atoms with Crippen LogP contribution in [0.2, 0.25) is 0 Å². The number of hydrogen-bond donors (Lipinski definition) is 2. The number of nitrogens with zero attached hydrogens (tertiary/aromatic N) is 1. The Morgan fingerprint density at radius 2 is 1.89 bits per heavy atom. The van der Waals surface area contributed by atoms with Crippen LogP contribution in [0.3, 0.4) is 0 Å². The van der Waals surface area contributed by atoms with Gasteiger partial charge in [-0.15, -0.1) is 24.0 Å². The highest BCUT2D eigenvalue weighted by Gasteiger charge is 2.13. The molecule has 2 rings (SSSR count). The Balaban J connectivity index is 0.00000392. The van der Waals surface area contributed by atoms with E-state index in [1.807, 2.05) is 18.2 Å². The molecule has 0 unspecified atom stereocenters. The predicted octanol–water partition coefficient (Wildman–Crippen LogP) is 2.82. The quantitative estimate of drug-likeness (QED) is 0.220. The van der Waals surface area contributed by atoms with E-state index in [1.165, 1.54) is 0 Å². The number of ether oxygens (including phenoxy) is 4. The van der Waals surface area contributed by atoms with Crippen molar-refractivity contribution in [1.82, 2.24) is 10.6 Å². The highest BCUT2D eigenvalue weighted by Crippen LogP contribution is 2.27. The van der Waals surface area contributed by atoms with Gasteiger partial charge in [0.2, 0.25) is 0 Å². The van der Waals surface area contributed by atoms with Crippen molar-refractivity contribution in [2.24, 2.45) is 10.9 Å². The van der Waals surface area contributed by atoms with Gasteiger partial charge in [0.05, 0.1) is 14.2 Å². The Hall–Kier alpha value is -1.26. The summed E-state index contributed by atoms with van der Waals surface area (Å²) in [6.45, 7) is 4.82. The van der Waals surface area contributed by atoms with Crippen LogP contribution < -0.4 is 20.1 Å². The second kappa shape index (κ2) is 14.7. The number of benzene rings is 1. The Labute approximate surface area is 185 Å². The van der Waals surface area contributed by atoms with E-state index >= 15 is 0 Å². The van der Waals surface area contributed by atoms with E-state index in [-0.39, 0.29) is 24.0 Å². The van der Waals surface area contributed by atoms with E-state index in [4.69, 9.17) is 18.9 Å². The van der Waals surface area contributed by atoms with Gasteiger partial charge >= 0.3 is 0 Å². The van der Waals surface area contributed by atoms with Crippen LogP contribution in [0.25, 0.3) is 0 Å². The molecule has 7 nitrogen and oxygen atoms in total. The Morgan fingerprint density at radius 1 is 1.14 bits per heavy atom. The van der Waals surface area contributed by atoms with Gasteiger partial charge in [0, 0.05) is 46.6 Å². The highest BCUT2D eigenvalue weighted by atomic mass is 127. The lowest BCUT2D eigenvalue weighted by Crippen LogP contribution is -2.37. The summed E-state index contributed by atoms with van der Waals surface area (Å²) in [5, 5.41) is 6.62. The molecule has 0 atom stereocenters. The van der Waals surface area contributed by atoms with Crippen LogP contribution in [-0.4, -0.2) is 60.2 Å². The Morgan fingerprint density at radius 3 is 2.57 bits per heavy atom. The smallest absolute Gasteiger partial charge is 0.191 e. The van der Waals surface area contributed by atoms with Crippen molar-refractivity contribution in [2.45, 2.75) is 25.8 Å². The second-order valence-corrected chi connectivity index (χ2v) is 6.53. The van der Waals surface area contributed by atoms with E-state index in [2.05, 4.69) is 15.6 Å². The van der Waals surface area contributed by atoms with Crippen LogP contribution in [0.1, 0.15) is 24.8 Å². The molecular formula is C20H34IN3O4. The molecule has 2 N–H and O–H groups in total. The molecule has 1 aliphatic heterocycles. The van der Waals surface area contributed by atoms with Gasteiger partial charge in [0.25, 0.3) is 0 Å². The van der Waals surface area contributed by atoms with Gasteiger partial charge in [-0.05, 0) is 42.9 Å². The molecule has 1 fully saturated rings. The van der Waals surface area contributed by atoms with Crippen LogP contribution in [0.4, 0.5) is 0 Å². The molecule has 0 amide bonds. The summed E-state index contributed by atoms with van der Waals surface area (Å²) in [4.78, 5) is 4.25. The van der Waals surface area contributed by atoms with Crippen molar-refractivity contribution in [3.63, 3.8) is 0 Å². The molecule has 1 aromatic carbocycles. The molecule has 0 aliphatic carbocycles. The highest BCUT2D eigenvalue weighted by molar-refractivity contribution is 14.0. The van der Waals surface area contributed by atoms with E-state index in [0.717, 1.165) is 75.3 Å². The maximum atomic E-state index is 5.78. The van der Waals surface area contributed by atoms with Crippen LogP contribution in [0, 0.1) is 5.92 Å². The lowest BCUT2D eigenvalue weighted by Gasteiger charge is -2.21. The topological polar surface area (TPSA) is 73.3 Å². The lowest BCUT2D eigenvalue weighted by atomic mass is 10.0. The fourth-order valence-electron chi connectivity index (χ4n) is 2.94. The fraction of sp³-hybridized carbons (Fsp3) is 0.650. The summed E-state index contributed by atoms with van der Waals surface area (Å²) in [6.07, 6.45) is 3.18. The predicted molar refractivity (Wildman–Crippen MR) is 122 cm³/mol. The van der Waals surface area contributed by atoms with Crippen molar-refractivity contribution in [1.29, 1.82) is 0 Å². The molecule has 0 bridgehead atoms. The van der Waals surface area contributed by atoms with Gasteiger partial charge in [0.15, 0.2) is 17.5 Å². The molecule has 0 radical (unpaired) electrons. The minimum absolute atomic E-state index is 0. The Kier molecular flexibility index (Phi) is 13.0. The van der Waals surface area contributed by atoms with Crippen molar-refractivity contribution < 1.29 is 18.9 Å². The molecule has 0 aromatic heterocycles. The SMILES string of the molecule is CN=C(NCCCOCC1CCOCC1)NCc1ccc(OC)c(OC)c1.I. The van der Waals surface area contributed by atoms with Gasteiger partial charge in [-0.3, -0.25) is 4.99 Å². The summed E-state index contributed by atoms with van der Waals surface area (Å²) in [6, 6.07) is 5.87. The van der Waals surface area contributed by atoms with Crippen LogP contribution in [-0.2, 0) is 16.0 Å². The normalized spacial score (nSPS) is 14.9.